The number of nitrogens with zero attached hydrogens (tertiary/aromatic N) is 2. The van der Waals surface area contributed by atoms with E-state index in [2.05, 4.69) is 15.5 Å². The number of oxime groups is 1. The standard InChI is InChI=1S/C14H14N4O3/c1-21-11-4-2-3-10(7-11)17-14(19)12-6-5-9(8-16-12)13(15)18-20/h2-8,20H,1H3,(H2,15,18)(H,17,19). The minimum Gasteiger partial charge on any atom is -0.497 e. The van der Waals surface area contributed by atoms with Gasteiger partial charge >= 0.3 is 0 Å². The molecule has 21 heavy (non-hydrogen) atoms. The van der Waals surface area contributed by atoms with Gasteiger partial charge in [-0.2, -0.15) is 0 Å². The average molecular weight is 286 g/mol. The molecule has 1 heterocycles. The highest BCUT2D eigenvalue weighted by Crippen LogP contribution is 2.17. The summed E-state index contributed by atoms with van der Waals surface area (Å²) in [7, 11) is 1.55. The minimum absolute atomic E-state index is 0.0674. The lowest BCUT2D eigenvalue weighted by molar-refractivity contribution is 0.102. The van der Waals surface area contributed by atoms with Gasteiger partial charge in [0.2, 0.25) is 0 Å². The highest BCUT2D eigenvalue weighted by atomic mass is 16.5. The van der Waals surface area contributed by atoms with Gasteiger partial charge in [-0.3, -0.25) is 9.78 Å². The van der Waals surface area contributed by atoms with Gasteiger partial charge in [0.05, 0.1) is 7.11 Å². The number of nitrogens with one attached hydrogen (secondary N) is 1. The molecular weight excluding hydrogens is 272 g/mol. The Morgan fingerprint density at radius 2 is 2.19 bits per heavy atom. The summed E-state index contributed by atoms with van der Waals surface area (Å²) in [6, 6.07) is 10.0. The van der Waals surface area contributed by atoms with Crippen molar-refractivity contribution in [1.29, 1.82) is 0 Å². The lowest BCUT2D eigenvalue weighted by Gasteiger charge is -2.07. The van der Waals surface area contributed by atoms with Gasteiger partial charge in [-0.25, -0.2) is 0 Å². The number of benzene rings is 1. The van der Waals surface area contributed by atoms with Crippen LogP contribution in [-0.4, -0.2) is 29.0 Å². The van der Waals surface area contributed by atoms with Gasteiger partial charge in [0.25, 0.3) is 5.91 Å². The van der Waals surface area contributed by atoms with Gasteiger partial charge in [-0.1, -0.05) is 11.2 Å². The second-order valence-electron chi connectivity index (χ2n) is 4.10. The number of rotatable bonds is 4. The summed E-state index contributed by atoms with van der Waals surface area (Å²) in [5.74, 6) is 0.208. The van der Waals surface area contributed by atoms with Crippen molar-refractivity contribution >= 4 is 17.4 Å². The predicted octanol–water partition coefficient (Wildman–Crippen LogP) is 1.44. The summed E-state index contributed by atoms with van der Waals surface area (Å²) < 4.78 is 5.08. The average Bonchev–Trinajstić information content (AvgIpc) is 2.54. The van der Waals surface area contributed by atoms with Crippen LogP contribution in [0.3, 0.4) is 0 Å². The summed E-state index contributed by atoms with van der Waals surface area (Å²) in [4.78, 5) is 16.0. The second kappa shape index (κ2) is 6.38. The molecule has 7 heteroatoms. The van der Waals surface area contributed by atoms with E-state index in [4.69, 9.17) is 15.7 Å². The maximum atomic E-state index is 12.0. The van der Waals surface area contributed by atoms with Crippen molar-refractivity contribution in [2.24, 2.45) is 10.9 Å². The molecule has 0 saturated heterocycles. The fourth-order valence-electron chi connectivity index (χ4n) is 1.63. The summed E-state index contributed by atoms with van der Waals surface area (Å²) >= 11 is 0. The van der Waals surface area contributed by atoms with Gasteiger partial charge in [0.15, 0.2) is 5.84 Å². The molecule has 0 bridgehead atoms. The van der Waals surface area contributed by atoms with Crippen LogP contribution in [0.15, 0.2) is 47.8 Å². The molecule has 2 rings (SSSR count). The first-order valence-electron chi connectivity index (χ1n) is 6.03. The molecule has 1 amide bonds. The zero-order chi connectivity index (χ0) is 15.2. The Labute approximate surface area is 121 Å². The molecule has 1 aromatic heterocycles. The Morgan fingerprint density at radius 3 is 2.81 bits per heavy atom. The Kier molecular flexibility index (Phi) is 4.35. The van der Waals surface area contributed by atoms with Crippen LogP contribution in [0.4, 0.5) is 5.69 Å². The lowest BCUT2D eigenvalue weighted by atomic mass is 10.2. The molecule has 0 radical (unpaired) electrons. The van der Waals surface area contributed by atoms with Crippen molar-refractivity contribution in [3.63, 3.8) is 0 Å². The van der Waals surface area contributed by atoms with E-state index in [-0.39, 0.29) is 17.4 Å². The van der Waals surface area contributed by atoms with Crippen LogP contribution in [-0.2, 0) is 0 Å². The van der Waals surface area contributed by atoms with Crippen LogP contribution in [0.1, 0.15) is 16.1 Å². The van der Waals surface area contributed by atoms with E-state index < -0.39 is 0 Å². The van der Waals surface area contributed by atoms with E-state index in [0.717, 1.165) is 0 Å². The van der Waals surface area contributed by atoms with Crippen LogP contribution in [0.25, 0.3) is 0 Å². The molecule has 0 unspecified atom stereocenters. The summed E-state index contributed by atoms with van der Waals surface area (Å²) in [5, 5.41) is 14.1. The highest BCUT2D eigenvalue weighted by Gasteiger charge is 2.09. The molecule has 0 atom stereocenters. The van der Waals surface area contributed by atoms with Crippen molar-refractivity contribution in [2.45, 2.75) is 0 Å². The fraction of sp³-hybridized carbons (Fsp3) is 0.0714. The molecule has 0 fully saturated rings. The predicted molar refractivity (Wildman–Crippen MR) is 77.7 cm³/mol. The van der Waals surface area contributed by atoms with Gasteiger partial charge < -0.3 is 21.0 Å². The van der Waals surface area contributed by atoms with E-state index in [1.165, 1.54) is 12.3 Å². The van der Waals surface area contributed by atoms with Gasteiger partial charge in [0.1, 0.15) is 11.4 Å². The number of methoxy groups -OCH3 is 1. The Balaban J connectivity index is 2.13. The molecular formula is C14H14N4O3. The third kappa shape index (κ3) is 3.47. The maximum absolute atomic E-state index is 12.0. The fourth-order valence-corrected chi connectivity index (χ4v) is 1.63. The third-order valence-electron chi connectivity index (χ3n) is 2.73. The van der Waals surface area contributed by atoms with Gasteiger partial charge in [-0.15, -0.1) is 0 Å². The van der Waals surface area contributed by atoms with Gasteiger partial charge in [0, 0.05) is 23.5 Å². The zero-order valence-electron chi connectivity index (χ0n) is 11.3. The molecule has 0 aliphatic heterocycles. The molecule has 7 nitrogen and oxygen atoms in total. The van der Waals surface area contributed by atoms with Crippen LogP contribution < -0.4 is 15.8 Å². The highest BCUT2D eigenvalue weighted by molar-refractivity contribution is 6.03. The number of anilines is 1. The summed E-state index contributed by atoms with van der Waals surface area (Å²) in [6.45, 7) is 0. The quantitative estimate of drug-likeness (QED) is 0.341. The zero-order valence-corrected chi connectivity index (χ0v) is 11.3. The Hall–Kier alpha value is -3.09. The number of carbonyl (C=O) groups excluding carboxylic acids is 1. The van der Waals surface area contributed by atoms with Crippen LogP contribution in [0, 0.1) is 0 Å². The molecule has 0 spiro atoms. The van der Waals surface area contributed by atoms with E-state index in [9.17, 15) is 4.79 Å². The number of amidine groups is 1. The number of aromatic nitrogens is 1. The topological polar surface area (TPSA) is 110 Å². The van der Waals surface area contributed by atoms with E-state index in [1.54, 1.807) is 37.4 Å². The number of carbonyl (C=O) groups is 1. The molecule has 108 valence electrons. The lowest BCUT2D eigenvalue weighted by Crippen LogP contribution is -2.16. The van der Waals surface area contributed by atoms with Crippen LogP contribution in [0.5, 0.6) is 5.75 Å². The first kappa shape index (κ1) is 14.3. The second-order valence-corrected chi connectivity index (χ2v) is 4.10. The first-order chi connectivity index (χ1) is 10.1. The molecule has 0 aliphatic rings. The van der Waals surface area contributed by atoms with Crippen molar-refractivity contribution < 1.29 is 14.7 Å². The number of ether oxygens (including phenoxy) is 1. The number of pyridine rings is 1. The molecule has 2 aromatic rings. The molecule has 0 aliphatic carbocycles. The molecule has 4 N–H and O–H groups in total. The SMILES string of the molecule is COc1cccc(NC(=O)c2ccc(C(N)=NO)cn2)c1. The van der Waals surface area contributed by atoms with Crippen LogP contribution in [0.2, 0.25) is 0 Å². The van der Waals surface area contributed by atoms with Gasteiger partial charge in [-0.05, 0) is 24.3 Å². The number of hydrogen-bond acceptors (Lipinski definition) is 5. The Morgan fingerprint density at radius 1 is 1.38 bits per heavy atom. The minimum atomic E-state index is -0.366. The molecule has 0 saturated carbocycles. The number of nitrogens with two attached hydrogens (primary N) is 1. The van der Waals surface area contributed by atoms with E-state index in [0.29, 0.717) is 17.0 Å². The van der Waals surface area contributed by atoms with Crippen molar-refractivity contribution in [3.8, 4) is 5.75 Å². The van der Waals surface area contributed by atoms with Crippen molar-refractivity contribution in [3.05, 3.63) is 53.9 Å². The number of hydrogen-bond donors (Lipinski definition) is 3. The molecule has 1 aromatic carbocycles. The Bertz CT molecular complexity index is 668. The van der Waals surface area contributed by atoms with Crippen molar-refractivity contribution in [2.75, 3.05) is 12.4 Å². The van der Waals surface area contributed by atoms with Crippen molar-refractivity contribution in [1.82, 2.24) is 4.98 Å². The smallest absolute Gasteiger partial charge is 0.274 e. The third-order valence-corrected chi connectivity index (χ3v) is 2.73. The van der Waals surface area contributed by atoms with E-state index >= 15 is 0 Å². The van der Waals surface area contributed by atoms with E-state index in [1.807, 2.05) is 0 Å². The normalized spacial score (nSPS) is 11.0. The van der Waals surface area contributed by atoms with Crippen LogP contribution >= 0.6 is 0 Å². The number of amides is 1. The first-order valence-corrected chi connectivity index (χ1v) is 6.03. The summed E-state index contributed by atoms with van der Waals surface area (Å²) in [5.41, 5.74) is 6.66. The largest absolute Gasteiger partial charge is 0.497 e. The summed E-state index contributed by atoms with van der Waals surface area (Å²) in [6.07, 6.45) is 1.36. The monoisotopic (exact) mass is 286 g/mol. The maximum Gasteiger partial charge on any atom is 0.274 e.